The predicted octanol–water partition coefficient (Wildman–Crippen LogP) is 2.44. The second-order valence-electron chi connectivity index (χ2n) is 6.74. The zero-order chi connectivity index (χ0) is 17.2. The van der Waals surface area contributed by atoms with Crippen LogP contribution in [0.15, 0.2) is 42.6 Å². The Morgan fingerprint density at radius 3 is 2.68 bits per heavy atom. The summed E-state index contributed by atoms with van der Waals surface area (Å²) in [4.78, 5) is 19.3. The molecule has 2 N–H and O–H groups in total. The van der Waals surface area contributed by atoms with Crippen molar-refractivity contribution < 1.29 is 9.90 Å². The first-order valence-corrected chi connectivity index (χ1v) is 8.67. The van der Waals surface area contributed by atoms with E-state index in [1.54, 1.807) is 0 Å². The molecule has 0 unspecified atom stereocenters. The van der Waals surface area contributed by atoms with E-state index in [-0.39, 0.29) is 6.04 Å². The molecule has 0 saturated carbocycles. The molecule has 1 aromatic carbocycles. The average Bonchev–Trinajstić information content (AvgIpc) is 3.27. The number of pyridine rings is 1. The van der Waals surface area contributed by atoms with Crippen molar-refractivity contribution in [3.63, 3.8) is 0 Å². The minimum atomic E-state index is -0.830. The lowest BCUT2D eigenvalue weighted by Gasteiger charge is -2.18. The maximum absolute atomic E-state index is 11.0. The second-order valence-corrected chi connectivity index (χ2v) is 6.74. The molecule has 6 nitrogen and oxygen atoms in total. The fraction of sp³-hybridized carbons (Fsp3) is 0.368. The molecule has 3 heterocycles. The van der Waals surface area contributed by atoms with Crippen molar-refractivity contribution >= 4 is 11.9 Å². The standard InChI is InChI=1S/C19H22N4O2/c24-19(25)22-8-6-17(13-22)21-10-14-5-7-20-18(9-14)23-11-15-3-1-2-4-16(15)12-23/h1-5,7,9,17,21H,6,8,10-13H2,(H,24,25)/t17-/m1/s1. The van der Waals surface area contributed by atoms with E-state index >= 15 is 0 Å². The Kier molecular flexibility index (Phi) is 4.28. The zero-order valence-corrected chi connectivity index (χ0v) is 14.1. The van der Waals surface area contributed by atoms with Crippen LogP contribution in [-0.4, -0.2) is 40.2 Å². The van der Waals surface area contributed by atoms with E-state index in [4.69, 9.17) is 5.11 Å². The summed E-state index contributed by atoms with van der Waals surface area (Å²) >= 11 is 0. The molecule has 1 atom stereocenters. The summed E-state index contributed by atoms with van der Waals surface area (Å²) in [6.07, 6.45) is 1.89. The van der Waals surface area contributed by atoms with Crippen LogP contribution in [0.2, 0.25) is 0 Å². The van der Waals surface area contributed by atoms with Gasteiger partial charge in [0.1, 0.15) is 5.82 Å². The van der Waals surface area contributed by atoms with Crippen LogP contribution in [0.25, 0.3) is 0 Å². The van der Waals surface area contributed by atoms with Crippen molar-refractivity contribution in [2.45, 2.75) is 32.1 Å². The Hall–Kier alpha value is -2.60. The van der Waals surface area contributed by atoms with Crippen molar-refractivity contribution in [2.24, 2.45) is 0 Å². The minimum Gasteiger partial charge on any atom is -0.465 e. The Morgan fingerprint density at radius 1 is 1.24 bits per heavy atom. The third-order valence-corrected chi connectivity index (χ3v) is 5.03. The molecule has 2 aromatic rings. The molecule has 2 aliphatic rings. The molecule has 1 saturated heterocycles. The molecule has 130 valence electrons. The van der Waals surface area contributed by atoms with Gasteiger partial charge in [-0.05, 0) is 35.2 Å². The van der Waals surface area contributed by atoms with Gasteiger partial charge in [-0.2, -0.15) is 0 Å². The number of nitrogens with one attached hydrogen (secondary N) is 1. The van der Waals surface area contributed by atoms with Gasteiger partial charge in [0.25, 0.3) is 0 Å². The highest BCUT2D eigenvalue weighted by atomic mass is 16.4. The van der Waals surface area contributed by atoms with Crippen molar-refractivity contribution in [3.8, 4) is 0 Å². The van der Waals surface area contributed by atoms with Crippen LogP contribution >= 0.6 is 0 Å². The molecule has 0 radical (unpaired) electrons. The van der Waals surface area contributed by atoms with Gasteiger partial charge in [-0.15, -0.1) is 0 Å². The highest BCUT2D eigenvalue weighted by molar-refractivity contribution is 5.65. The normalized spacial score (nSPS) is 19.3. The zero-order valence-electron chi connectivity index (χ0n) is 14.1. The Morgan fingerprint density at radius 2 is 2.00 bits per heavy atom. The number of amides is 1. The third kappa shape index (κ3) is 3.44. The van der Waals surface area contributed by atoms with E-state index in [2.05, 4.69) is 45.5 Å². The van der Waals surface area contributed by atoms with E-state index in [0.29, 0.717) is 13.1 Å². The first-order chi connectivity index (χ1) is 12.2. The maximum Gasteiger partial charge on any atom is 0.407 e. The SMILES string of the molecule is O=C(O)N1CC[C@@H](NCc2ccnc(N3Cc4ccccc4C3)c2)C1. The van der Waals surface area contributed by atoms with E-state index in [1.165, 1.54) is 21.6 Å². The van der Waals surface area contributed by atoms with Crippen molar-refractivity contribution in [1.29, 1.82) is 0 Å². The molecule has 6 heteroatoms. The summed E-state index contributed by atoms with van der Waals surface area (Å²) in [5, 5.41) is 12.5. The number of carbonyl (C=O) groups is 1. The number of nitrogens with zero attached hydrogens (tertiary/aromatic N) is 3. The highest BCUT2D eigenvalue weighted by Crippen LogP contribution is 2.27. The number of fused-ring (bicyclic) bond motifs is 1. The monoisotopic (exact) mass is 338 g/mol. The van der Waals surface area contributed by atoms with Gasteiger partial charge in [-0.25, -0.2) is 9.78 Å². The van der Waals surface area contributed by atoms with E-state index < -0.39 is 6.09 Å². The number of hydrogen-bond acceptors (Lipinski definition) is 4. The van der Waals surface area contributed by atoms with Gasteiger partial charge >= 0.3 is 6.09 Å². The summed E-state index contributed by atoms with van der Waals surface area (Å²) in [5.74, 6) is 0.995. The number of hydrogen-bond donors (Lipinski definition) is 2. The summed E-state index contributed by atoms with van der Waals surface area (Å²) in [6, 6.07) is 12.9. The second kappa shape index (κ2) is 6.72. The van der Waals surface area contributed by atoms with Gasteiger partial charge in [-0.3, -0.25) is 0 Å². The first-order valence-electron chi connectivity index (χ1n) is 8.67. The van der Waals surface area contributed by atoms with Gasteiger partial charge < -0.3 is 20.2 Å². The number of likely N-dealkylation sites (tertiary alicyclic amines) is 1. The van der Waals surface area contributed by atoms with Gasteiger partial charge in [0.2, 0.25) is 0 Å². The van der Waals surface area contributed by atoms with Crippen LogP contribution in [0.3, 0.4) is 0 Å². The van der Waals surface area contributed by atoms with Crippen LogP contribution in [0, 0.1) is 0 Å². The summed E-state index contributed by atoms with van der Waals surface area (Å²) < 4.78 is 0. The number of benzene rings is 1. The van der Waals surface area contributed by atoms with Crippen LogP contribution in [-0.2, 0) is 19.6 Å². The summed E-state index contributed by atoms with van der Waals surface area (Å²) in [5.41, 5.74) is 3.91. The van der Waals surface area contributed by atoms with Crippen LogP contribution in [0.5, 0.6) is 0 Å². The minimum absolute atomic E-state index is 0.226. The van der Waals surface area contributed by atoms with Crippen LogP contribution in [0.1, 0.15) is 23.1 Å². The fourth-order valence-corrected chi connectivity index (χ4v) is 3.60. The summed E-state index contributed by atoms with van der Waals surface area (Å²) in [7, 11) is 0. The number of rotatable bonds is 4. The van der Waals surface area contributed by atoms with Crippen molar-refractivity contribution in [1.82, 2.24) is 15.2 Å². The number of aromatic nitrogens is 1. The number of carboxylic acid groups (broad SMARTS) is 1. The first kappa shape index (κ1) is 15.9. The molecule has 1 aromatic heterocycles. The molecule has 0 aliphatic carbocycles. The largest absolute Gasteiger partial charge is 0.465 e. The molecule has 4 rings (SSSR count). The molecule has 1 amide bonds. The third-order valence-electron chi connectivity index (χ3n) is 5.03. The smallest absolute Gasteiger partial charge is 0.407 e. The van der Waals surface area contributed by atoms with Gasteiger partial charge in [-0.1, -0.05) is 24.3 Å². The fourth-order valence-electron chi connectivity index (χ4n) is 3.60. The lowest BCUT2D eigenvalue weighted by atomic mass is 10.1. The average molecular weight is 338 g/mol. The van der Waals surface area contributed by atoms with Gasteiger partial charge in [0.15, 0.2) is 0 Å². The highest BCUT2D eigenvalue weighted by Gasteiger charge is 2.25. The number of anilines is 1. The summed E-state index contributed by atoms with van der Waals surface area (Å²) in [6.45, 7) is 3.70. The molecular weight excluding hydrogens is 316 g/mol. The van der Waals surface area contributed by atoms with E-state index in [1.807, 2.05) is 12.3 Å². The van der Waals surface area contributed by atoms with Gasteiger partial charge in [0.05, 0.1) is 0 Å². The van der Waals surface area contributed by atoms with Crippen LogP contribution in [0.4, 0.5) is 10.6 Å². The predicted molar refractivity (Wildman–Crippen MR) is 95.4 cm³/mol. The molecular formula is C19H22N4O2. The quantitative estimate of drug-likeness (QED) is 0.896. The van der Waals surface area contributed by atoms with Crippen molar-refractivity contribution in [3.05, 3.63) is 59.3 Å². The Balaban J connectivity index is 1.37. The molecule has 0 bridgehead atoms. The molecule has 25 heavy (non-hydrogen) atoms. The molecule has 0 spiro atoms. The maximum atomic E-state index is 11.0. The lowest BCUT2D eigenvalue weighted by molar-refractivity contribution is 0.154. The molecule has 1 fully saturated rings. The molecule has 2 aliphatic heterocycles. The van der Waals surface area contributed by atoms with Crippen molar-refractivity contribution in [2.75, 3.05) is 18.0 Å². The van der Waals surface area contributed by atoms with Gasteiger partial charge in [0, 0.05) is 45.0 Å². The Bertz CT molecular complexity index is 755. The van der Waals surface area contributed by atoms with Crippen LogP contribution < -0.4 is 10.2 Å². The Labute approximate surface area is 147 Å². The van der Waals surface area contributed by atoms with E-state index in [9.17, 15) is 4.79 Å². The topological polar surface area (TPSA) is 68.7 Å². The van der Waals surface area contributed by atoms with E-state index in [0.717, 1.165) is 31.9 Å². The lowest BCUT2D eigenvalue weighted by Crippen LogP contribution is -2.34.